The Bertz CT molecular complexity index is 480. The highest BCUT2D eigenvalue weighted by Gasteiger charge is 2.34. The molecule has 1 N–H and O–H groups in total. The second kappa shape index (κ2) is 6.41. The number of carbonyl (C=O) groups excluding carboxylic acids is 1. The molecule has 2 atom stereocenters. The number of cyclic esters (lactones) is 1. The second-order valence-electron chi connectivity index (χ2n) is 4.92. The highest BCUT2D eigenvalue weighted by molar-refractivity contribution is 5.75. The van der Waals surface area contributed by atoms with Gasteiger partial charge in [-0.25, -0.2) is 0 Å². The summed E-state index contributed by atoms with van der Waals surface area (Å²) in [6, 6.07) is 7.44. The molecule has 2 rings (SSSR count). The largest absolute Gasteiger partial charge is 0.497 e. The maximum absolute atomic E-state index is 11.8. The standard InChI is InChI=1S/C15H18O5/c1-19-12-7-5-10(6-8-12)13-9-11(15(18)20-13)3-2-4-14(16)17/h5-8,11,13H,2-4,9H2,1H3,(H,16,17)/t11-,13+/m1/s1. The lowest BCUT2D eigenvalue weighted by molar-refractivity contribution is -0.145. The highest BCUT2D eigenvalue weighted by atomic mass is 16.6. The number of aliphatic carboxylic acids is 1. The van der Waals surface area contributed by atoms with Gasteiger partial charge in [-0.2, -0.15) is 0 Å². The van der Waals surface area contributed by atoms with E-state index < -0.39 is 5.97 Å². The number of ether oxygens (including phenoxy) is 2. The van der Waals surface area contributed by atoms with Crippen molar-refractivity contribution in [3.63, 3.8) is 0 Å². The quantitative estimate of drug-likeness (QED) is 0.809. The molecule has 0 aromatic heterocycles. The first-order valence-corrected chi connectivity index (χ1v) is 6.66. The van der Waals surface area contributed by atoms with E-state index in [4.69, 9.17) is 14.6 Å². The van der Waals surface area contributed by atoms with E-state index >= 15 is 0 Å². The van der Waals surface area contributed by atoms with Crippen LogP contribution in [0.1, 0.15) is 37.4 Å². The van der Waals surface area contributed by atoms with E-state index in [1.54, 1.807) is 7.11 Å². The lowest BCUT2D eigenvalue weighted by Crippen LogP contribution is -2.08. The fourth-order valence-corrected chi connectivity index (χ4v) is 2.40. The van der Waals surface area contributed by atoms with Gasteiger partial charge in [-0.3, -0.25) is 9.59 Å². The average Bonchev–Trinajstić information content (AvgIpc) is 2.80. The summed E-state index contributed by atoms with van der Waals surface area (Å²) in [5, 5.41) is 8.60. The fraction of sp³-hybridized carbons (Fsp3) is 0.467. The van der Waals surface area contributed by atoms with Crippen LogP contribution in [0, 0.1) is 5.92 Å². The summed E-state index contributed by atoms with van der Waals surface area (Å²) in [5.41, 5.74) is 0.944. The molecule has 1 aliphatic heterocycles. The van der Waals surface area contributed by atoms with Gasteiger partial charge >= 0.3 is 11.9 Å². The second-order valence-corrected chi connectivity index (χ2v) is 4.92. The predicted octanol–water partition coefficient (Wildman–Crippen LogP) is 2.55. The van der Waals surface area contributed by atoms with Gasteiger partial charge in [-0.1, -0.05) is 12.1 Å². The molecule has 0 unspecified atom stereocenters. The van der Waals surface area contributed by atoms with Gasteiger partial charge in [-0.05, 0) is 30.5 Å². The van der Waals surface area contributed by atoms with E-state index in [0.29, 0.717) is 19.3 Å². The first-order valence-electron chi connectivity index (χ1n) is 6.66. The molecule has 0 radical (unpaired) electrons. The number of carboxylic acid groups (broad SMARTS) is 1. The number of methoxy groups -OCH3 is 1. The number of carbonyl (C=O) groups is 2. The maximum atomic E-state index is 11.8. The van der Waals surface area contributed by atoms with Crippen LogP contribution in [-0.4, -0.2) is 24.2 Å². The first-order chi connectivity index (χ1) is 9.60. The molecule has 1 fully saturated rings. The van der Waals surface area contributed by atoms with Crippen molar-refractivity contribution < 1.29 is 24.2 Å². The third kappa shape index (κ3) is 3.50. The summed E-state index contributed by atoms with van der Waals surface area (Å²) in [7, 11) is 1.60. The molecule has 0 saturated carbocycles. The zero-order chi connectivity index (χ0) is 14.5. The van der Waals surface area contributed by atoms with Crippen LogP contribution in [0.5, 0.6) is 5.75 Å². The van der Waals surface area contributed by atoms with Crippen molar-refractivity contribution in [1.29, 1.82) is 0 Å². The molecule has 0 amide bonds. The van der Waals surface area contributed by atoms with E-state index in [0.717, 1.165) is 11.3 Å². The Morgan fingerprint density at radius 1 is 1.40 bits per heavy atom. The molecule has 5 nitrogen and oxygen atoms in total. The summed E-state index contributed by atoms with van der Waals surface area (Å²) in [6.07, 6.45) is 1.55. The lowest BCUT2D eigenvalue weighted by Gasteiger charge is -2.09. The van der Waals surface area contributed by atoms with E-state index in [1.807, 2.05) is 24.3 Å². The average molecular weight is 278 g/mol. The molecule has 1 saturated heterocycles. The molecular weight excluding hydrogens is 260 g/mol. The third-order valence-corrected chi connectivity index (χ3v) is 3.52. The van der Waals surface area contributed by atoms with Crippen LogP contribution in [0.3, 0.4) is 0 Å². The van der Waals surface area contributed by atoms with Gasteiger partial charge in [0, 0.05) is 12.8 Å². The molecule has 0 bridgehead atoms. The monoisotopic (exact) mass is 278 g/mol. The Kier molecular flexibility index (Phi) is 4.61. The van der Waals surface area contributed by atoms with Gasteiger partial charge in [0.25, 0.3) is 0 Å². The molecule has 0 aliphatic carbocycles. The van der Waals surface area contributed by atoms with Gasteiger partial charge < -0.3 is 14.6 Å². The Morgan fingerprint density at radius 2 is 2.10 bits per heavy atom. The highest BCUT2D eigenvalue weighted by Crippen LogP contribution is 2.36. The smallest absolute Gasteiger partial charge is 0.309 e. The van der Waals surface area contributed by atoms with Crippen molar-refractivity contribution in [2.75, 3.05) is 7.11 Å². The minimum Gasteiger partial charge on any atom is -0.497 e. The molecular formula is C15H18O5. The van der Waals surface area contributed by atoms with Crippen molar-refractivity contribution in [2.24, 2.45) is 5.92 Å². The Balaban J connectivity index is 1.91. The predicted molar refractivity (Wildman–Crippen MR) is 71.4 cm³/mol. The lowest BCUT2D eigenvalue weighted by atomic mass is 9.95. The zero-order valence-corrected chi connectivity index (χ0v) is 11.4. The zero-order valence-electron chi connectivity index (χ0n) is 11.4. The van der Waals surface area contributed by atoms with Gasteiger partial charge in [-0.15, -0.1) is 0 Å². The molecule has 1 aromatic rings. The Morgan fingerprint density at radius 3 is 2.70 bits per heavy atom. The number of hydrogen-bond acceptors (Lipinski definition) is 4. The third-order valence-electron chi connectivity index (χ3n) is 3.52. The normalized spacial score (nSPS) is 21.6. The maximum Gasteiger partial charge on any atom is 0.309 e. The first kappa shape index (κ1) is 14.4. The van der Waals surface area contributed by atoms with Crippen molar-refractivity contribution >= 4 is 11.9 Å². The number of esters is 1. The number of rotatable bonds is 6. The van der Waals surface area contributed by atoms with E-state index in [2.05, 4.69) is 0 Å². The summed E-state index contributed by atoms with van der Waals surface area (Å²) in [5.74, 6) is -0.489. The number of carboxylic acids is 1. The van der Waals surface area contributed by atoms with Crippen molar-refractivity contribution in [3.8, 4) is 5.75 Å². The molecule has 5 heteroatoms. The Labute approximate surface area is 117 Å². The molecule has 1 heterocycles. The van der Waals surface area contributed by atoms with E-state index in [9.17, 15) is 9.59 Å². The van der Waals surface area contributed by atoms with Crippen LogP contribution in [-0.2, 0) is 14.3 Å². The van der Waals surface area contributed by atoms with Gasteiger partial charge in [0.15, 0.2) is 0 Å². The SMILES string of the molecule is COc1ccc([C@@H]2C[C@@H](CCCC(=O)O)C(=O)O2)cc1. The van der Waals surface area contributed by atoms with E-state index in [-0.39, 0.29) is 24.4 Å². The van der Waals surface area contributed by atoms with Crippen LogP contribution in [0.15, 0.2) is 24.3 Å². The number of hydrogen-bond donors (Lipinski definition) is 1. The molecule has 20 heavy (non-hydrogen) atoms. The molecule has 108 valence electrons. The topological polar surface area (TPSA) is 72.8 Å². The van der Waals surface area contributed by atoms with Gasteiger partial charge in [0.2, 0.25) is 0 Å². The van der Waals surface area contributed by atoms with Crippen LogP contribution in [0.25, 0.3) is 0 Å². The molecule has 0 spiro atoms. The summed E-state index contributed by atoms with van der Waals surface area (Å²) >= 11 is 0. The van der Waals surface area contributed by atoms with E-state index in [1.165, 1.54) is 0 Å². The van der Waals surface area contributed by atoms with Crippen molar-refractivity contribution in [1.82, 2.24) is 0 Å². The van der Waals surface area contributed by atoms with Crippen LogP contribution in [0.4, 0.5) is 0 Å². The van der Waals surface area contributed by atoms with Crippen LogP contribution < -0.4 is 4.74 Å². The van der Waals surface area contributed by atoms with Gasteiger partial charge in [0.05, 0.1) is 13.0 Å². The molecule has 1 aliphatic rings. The van der Waals surface area contributed by atoms with Crippen molar-refractivity contribution in [2.45, 2.75) is 31.8 Å². The number of benzene rings is 1. The fourth-order valence-electron chi connectivity index (χ4n) is 2.40. The summed E-state index contributed by atoms with van der Waals surface area (Å²) in [6.45, 7) is 0. The van der Waals surface area contributed by atoms with Crippen molar-refractivity contribution in [3.05, 3.63) is 29.8 Å². The summed E-state index contributed by atoms with van der Waals surface area (Å²) < 4.78 is 10.5. The molecule has 1 aromatic carbocycles. The minimum atomic E-state index is -0.830. The minimum absolute atomic E-state index is 0.0942. The summed E-state index contributed by atoms with van der Waals surface area (Å²) in [4.78, 5) is 22.2. The van der Waals surface area contributed by atoms with Crippen LogP contribution >= 0.6 is 0 Å². The van der Waals surface area contributed by atoms with Gasteiger partial charge in [0.1, 0.15) is 11.9 Å². The van der Waals surface area contributed by atoms with Crippen LogP contribution in [0.2, 0.25) is 0 Å². The Hall–Kier alpha value is -2.04.